The Morgan fingerprint density at radius 2 is 2.12 bits per heavy atom. The van der Waals surface area contributed by atoms with Gasteiger partial charge in [0.15, 0.2) is 0 Å². The van der Waals surface area contributed by atoms with Crippen LogP contribution in [0.15, 0.2) is 6.07 Å². The number of nitrogens with one attached hydrogen (secondary N) is 1. The molecule has 2 aromatic rings. The van der Waals surface area contributed by atoms with Gasteiger partial charge in [0.2, 0.25) is 11.7 Å². The summed E-state index contributed by atoms with van der Waals surface area (Å²) >= 11 is 0. The number of fused-ring (bicyclic) bond motifs is 1. The second-order valence-electron chi connectivity index (χ2n) is 5.77. The molecule has 1 N–H and O–H groups in total. The van der Waals surface area contributed by atoms with Gasteiger partial charge in [0.05, 0.1) is 13.5 Å². The van der Waals surface area contributed by atoms with Crippen LogP contribution in [-0.4, -0.2) is 68.5 Å². The fourth-order valence-electron chi connectivity index (χ4n) is 2.79. The minimum atomic E-state index is -0.948. The summed E-state index contributed by atoms with van der Waals surface area (Å²) in [5.41, 5.74) is 1.55. The van der Waals surface area contributed by atoms with Crippen molar-refractivity contribution >= 4 is 23.6 Å². The maximum Gasteiger partial charge on any atom is 0.308 e. The molecule has 0 radical (unpaired) electrons. The van der Waals surface area contributed by atoms with E-state index in [2.05, 4.69) is 25.1 Å². The molecule has 1 atom stereocenters. The van der Waals surface area contributed by atoms with Gasteiger partial charge in [0.1, 0.15) is 6.04 Å². The van der Waals surface area contributed by atoms with Crippen LogP contribution < -0.4 is 5.32 Å². The highest BCUT2D eigenvalue weighted by Crippen LogP contribution is 2.14. The van der Waals surface area contributed by atoms with Crippen molar-refractivity contribution in [3.8, 4) is 0 Å². The molecule has 25 heavy (non-hydrogen) atoms. The zero-order valence-corrected chi connectivity index (χ0v) is 14.1. The van der Waals surface area contributed by atoms with Crippen molar-refractivity contribution in [2.45, 2.75) is 26.3 Å². The van der Waals surface area contributed by atoms with Crippen LogP contribution in [0.5, 0.6) is 0 Å². The Kier molecular flexibility index (Phi) is 4.34. The SMILES string of the molecule is COC(=O)CC1C(=O)NCCN1C(=O)c1nc2nc(C)cc(C)n2n1. The van der Waals surface area contributed by atoms with Gasteiger partial charge in [0, 0.05) is 24.5 Å². The van der Waals surface area contributed by atoms with Crippen LogP contribution in [0.2, 0.25) is 0 Å². The molecule has 2 amide bonds. The van der Waals surface area contributed by atoms with E-state index >= 15 is 0 Å². The number of amides is 2. The summed E-state index contributed by atoms with van der Waals surface area (Å²) in [5.74, 6) is -1.25. The highest BCUT2D eigenvalue weighted by molar-refractivity contribution is 5.97. The number of carbonyl (C=O) groups excluding carboxylic acids is 3. The average molecular weight is 346 g/mol. The largest absolute Gasteiger partial charge is 0.469 e. The minimum absolute atomic E-state index is 0.0641. The Labute approximate surface area is 143 Å². The number of methoxy groups -OCH3 is 1. The molecule has 1 unspecified atom stereocenters. The topological polar surface area (TPSA) is 119 Å². The molecule has 1 aliphatic rings. The Morgan fingerprint density at radius 1 is 1.36 bits per heavy atom. The van der Waals surface area contributed by atoms with Crippen LogP contribution in [-0.2, 0) is 14.3 Å². The first kappa shape index (κ1) is 16.8. The first-order chi connectivity index (χ1) is 11.9. The van der Waals surface area contributed by atoms with Crippen molar-refractivity contribution in [2.24, 2.45) is 0 Å². The molecule has 3 heterocycles. The molecule has 0 aliphatic carbocycles. The monoisotopic (exact) mass is 346 g/mol. The van der Waals surface area contributed by atoms with Gasteiger partial charge < -0.3 is 15.0 Å². The van der Waals surface area contributed by atoms with E-state index in [9.17, 15) is 14.4 Å². The number of rotatable bonds is 3. The molecule has 1 fully saturated rings. The third kappa shape index (κ3) is 3.14. The second-order valence-corrected chi connectivity index (χ2v) is 5.77. The number of ether oxygens (including phenoxy) is 1. The molecular weight excluding hydrogens is 328 g/mol. The number of hydrogen-bond acceptors (Lipinski definition) is 7. The lowest BCUT2D eigenvalue weighted by Gasteiger charge is -2.33. The summed E-state index contributed by atoms with van der Waals surface area (Å²) < 4.78 is 6.08. The van der Waals surface area contributed by atoms with E-state index in [-0.39, 0.29) is 18.8 Å². The molecule has 10 nitrogen and oxygen atoms in total. The molecule has 3 rings (SSSR count). The van der Waals surface area contributed by atoms with Gasteiger partial charge in [-0.1, -0.05) is 0 Å². The number of aromatic nitrogens is 4. The predicted molar refractivity (Wildman–Crippen MR) is 84.7 cm³/mol. The Bertz CT molecular complexity index is 861. The lowest BCUT2D eigenvalue weighted by atomic mass is 10.1. The normalized spacial score (nSPS) is 17.5. The molecule has 1 saturated heterocycles. The van der Waals surface area contributed by atoms with Crippen LogP contribution in [0.3, 0.4) is 0 Å². The number of carbonyl (C=O) groups is 3. The molecular formula is C15H18N6O4. The van der Waals surface area contributed by atoms with Crippen LogP contribution in [0.4, 0.5) is 0 Å². The Morgan fingerprint density at radius 3 is 2.84 bits per heavy atom. The van der Waals surface area contributed by atoms with E-state index in [4.69, 9.17) is 0 Å². The van der Waals surface area contributed by atoms with Gasteiger partial charge in [-0.15, -0.1) is 5.10 Å². The maximum absolute atomic E-state index is 12.8. The summed E-state index contributed by atoms with van der Waals surface area (Å²) in [7, 11) is 1.23. The number of hydrogen-bond donors (Lipinski definition) is 1. The quantitative estimate of drug-likeness (QED) is 0.726. The van der Waals surface area contributed by atoms with Gasteiger partial charge >= 0.3 is 5.97 Å². The Hall–Kier alpha value is -3.04. The average Bonchev–Trinajstić information content (AvgIpc) is 3.00. The van der Waals surface area contributed by atoms with Crippen molar-refractivity contribution in [3.05, 3.63) is 23.3 Å². The van der Waals surface area contributed by atoms with Gasteiger partial charge in [-0.25, -0.2) is 9.50 Å². The van der Waals surface area contributed by atoms with Gasteiger partial charge in [-0.3, -0.25) is 14.4 Å². The molecule has 10 heteroatoms. The van der Waals surface area contributed by atoms with Crippen molar-refractivity contribution in [1.82, 2.24) is 29.8 Å². The number of aryl methyl sites for hydroxylation is 2. The molecule has 0 bridgehead atoms. The van der Waals surface area contributed by atoms with Crippen molar-refractivity contribution < 1.29 is 19.1 Å². The minimum Gasteiger partial charge on any atom is -0.469 e. The molecule has 1 aliphatic heterocycles. The van der Waals surface area contributed by atoms with Crippen molar-refractivity contribution in [2.75, 3.05) is 20.2 Å². The van der Waals surface area contributed by atoms with Gasteiger partial charge in [0.25, 0.3) is 11.7 Å². The van der Waals surface area contributed by atoms with Crippen LogP contribution >= 0.6 is 0 Å². The zero-order valence-electron chi connectivity index (χ0n) is 14.1. The molecule has 0 saturated carbocycles. The maximum atomic E-state index is 12.8. The van der Waals surface area contributed by atoms with Crippen molar-refractivity contribution in [1.29, 1.82) is 0 Å². The zero-order chi connectivity index (χ0) is 18.1. The third-order valence-corrected chi connectivity index (χ3v) is 3.99. The number of nitrogens with zero attached hydrogens (tertiary/aromatic N) is 5. The van der Waals surface area contributed by atoms with Crippen LogP contribution in [0.1, 0.15) is 28.4 Å². The van der Waals surface area contributed by atoms with E-state index in [1.807, 2.05) is 19.9 Å². The summed E-state index contributed by atoms with van der Waals surface area (Å²) in [6.07, 6.45) is -0.224. The van der Waals surface area contributed by atoms with E-state index in [1.54, 1.807) is 0 Å². The number of piperazine rings is 1. The second kappa shape index (κ2) is 6.46. The molecule has 0 spiro atoms. The van der Waals surface area contributed by atoms with E-state index in [1.165, 1.54) is 16.5 Å². The highest BCUT2D eigenvalue weighted by atomic mass is 16.5. The van der Waals surface area contributed by atoms with Crippen LogP contribution in [0.25, 0.3) is 5.78 Å². The van der Waals surface area contributed by atoms with E-state index in [0.717, 1.165) is 11.4 Å². The summed E-state index contributed by atoms with van der Waals surface area (Å²) in [6.45, 7) is 4.21. The molecule has 132 valence electrons. The van der Waals surface area contributed by atoms with Gasteiger partial charge in [-0.2, -0.15) is 4.98 Å². The first-order valence-electron chi connectivity index (χ1n) is 7.77. The third-order valence-electron chi connectivity index (χ3n) is 3.99. The predicted octanol–water partition coefficient (Wildman–Crippen LogP) is -0.755. The highest BCUT2D eigenvalue weighted by Gasteiger charge is 2.37. The first-order valence-corrected chi connectivity index (χ1v) is 7.77. The Balaban J connectivity index is 1.93. The van der Waals surface area contributed by atoms with Gasteiger partial charge in [-0.05, 0) is 19.9 Å². The van der Waals surface area contributed by atoms with E-state index < -0.39 is 23.8 Å². The van der Waals surface area contributed by atoms with Crippen molar-refractivity contribution in [3.63, 3.8) is 0 Å². The smallest absolute Gasteiger partial charge is 0.308 e. The van der Waals surface area contributed by atoms with E-state index in [0.29, 0.717) is 12.3 Å². The summed E-state index contributed by atoms with van der Waals surface area (Å²) in [5, 5.41) is 6.83. The summed E-state index contributed by atoms with van der Waals surface area (Å²) in [4.78, 5) is 46.2. The molecule has 0 aromatic carbocycles. The molecule has 2 aromatic heterocycles. The number of esters is 1. The fraction of sp³-hybridized carbons (Fsp3) is 0.467. The fourth-order valence-corrected chi connectivity index (χ4v) is 2.79. The lowest BCUT2D eigenvalue weighted by Crippen LogP contribution is -2.58. The van der Waals surface area contributed by atoms with Crippen LogP contribution in [0, 0.1) is 13.8 Å². The summed E-state index contributed by atoms with van der Waals surface area (Å²) in [6, 6.07) is 0.876. The lowest BCUT2D eigenvalue weighted by molar-refractivity contribution is -0.145. The standard InChI is InChI=1S/C15H18N6O4/c1-8-6-9(2)21-15(17-8)18-12(19-21)14(24)20-5-4-16-13(23)10(20)7-11(22)25-3/h6,10H,4-5,7H2,1-3H3,(H,16,23).